The van der Waals surface area contributed by atoms with Crippen LogP contribution in [-0.2, 0) is 15.3 Å². The molecule has 0 aliphatic carbocycles. The molecule has 4 N–H and O–H groups in total. The van der Waals surface area contributed by atoms with E-state index in [1.807, 2.05) is 0 Å². The predicted octanol–water partition coefficient (Wildman–Crippen LogP) is 0.995. The second kappa shape index (κ2) is 7.09. The van der Waals surface area contributed by atoms with Crippen LogP contribution in [0.5, 0.6) is 5.75 Å². The van der Waals surface area contributed by atoms with Crippen LogP contribution in [0.2, 0.25) is 0 Å². The van der Waals surface area contributed by atoms with Crippen LogP contribution < -0.4 is 15.8 Å². The summed E-state index contributed by atoms with van der Waals surface area (Å²) in [6.07, 6.45) is 0. The van der Waals surface area contributed by atoms with Gasteiger partial charge >= 0.3 is 0 Å². The Kier molecular flexibility index (Phi) is 4.84. The Bertz CT molecular complexity index is 892. The van der Waals surface area contributed by atoms with Gasteiger partial charge in [-0.2, -0.15) is 5.26 Å². The lowest BCUT2D eigenvalue weighted by molar-refractivity contribution is -0.153. The number of nitrogens with one attached hydrogen (secondary N) is 1. The van der Waals surface area contributed by atoms with E-state index in [9.17, 15) is 20.0 Å². The molecule has 2 aromatic carbocycles. The standard InChI is InChI=1S/C20H19N3O4/c1-27-14-9-7-12(8-10-14)16-15(11-21)20(26,13-5-3-2-4-6-13)23-19(25)17(16)18(22)24/h2-10,15-17,26H,1H3,(H2,22,24)(H,23,25). The van der Waals surface area contributed by atoms with Gasteiger partial charge < -0.3 is 20.9 Å². The molecule has 138 valence electrons. The number of rotatable bonds is 4. The van der Waals surface area contributed by atoms with Gasteiger partial charge in [-0.05, 0) is 17.7 Å². The Hall–Kier alpha value is -3.37. The van der Waals surface area contributed by atoms with E-state index in [-0.39, 0.29) is 0 Å². The first-order valence-electron chi connectivity index (χ1n) is 8.35. The van der Waals surface area contributed by atoms with Crippen LogP contribution >= 0.6 is 0 Å². The van der Waals surface area contributed by atoms with Crippen LogP contribution in [0.3, 0.4) is 0 Å². The molecule has 0 radical (unpaired) electrons. The Labute approximate surface area is 156 Å². The maximum Gasteiger partial charge on any atom is 0.235 e. The Morgan fingerprint density at radius 2 is 1.85 bits per heavy atom. The van der Waals surface area contributed by atoms with Crippen molar-refractivity contribution in [1.82, 2.24) is 5.32 Å². The lowest BCUT2D eigenvalue weighted by Crippen LogP contribution is -2.62. The van der Waals surface area contributed by atoms with Gasteiger partial charge in [0.2, 0.25) is 11.8 Å². The van der Waals surface area contributed by atoms with Gasteiger partial charge in [0.05, 0.1) is 13.2 Å². The van der Waals surface area contributed by atoms with Crippen molar-refractivity contribution in [3.8, 4) is 11.8 Å². The maximum absolute atomic E-state index is 12.7. The minimum atomic E-state index is -1.95. The number of primary amides is 1. The van der Waals surface area contributed by atoms with Crippen LogP contribution in [0.25, 0.3) is 0 Å². The number of carbonyl (C=O) groups is 2. The molecule has 27 heavy (non-hydrogen) atoms. The third-order valence-electron chi connectivity index (χ3n) is 4.92. The van der Waals surface area contributed by atoms with Crippen molar-refractivity contribution in [2.75, 3.05) is 7.11 Å². The van der Waals surface area contributed by atoms with Crippen LogP contribution in [0.1, 0.15) is 17.0 Å². The highest BCUT2D eigenvalue weighted by Crippen LogP contribution is 2.45. The summed E-state index contributed by atoms with van der Waals surface area (Å²) in [5.74, 6) is -4.33. The zero-order valence-electron chi connectivity index (χ0n) is 14.6. The van der Waals surface area contributed by atoms with Crippen molar-refractivity contribution >= 4 is 11.8 Å². The summed E-state index contributed by atoms with van der Waals surface area (Å²) < 4.78 is 5.13. The Morgan fingerprint density at radius 1 is 1.22 bits per heavy atom. The van der Waals surface area contributed by atoms with E-state index in [0.29, 0.717) is 16.9 Å². The number of benzene rings is 2. The number of nitrogens with zero attached hydrogens (tertiary/aromatic N) is 1. The van der Waals surface area contributed by atoms with Crippen LogP contribution in [0.15, 0.2) is 54.6 Å². The summed E-state index contributed by atoms with van der Waals surface area (Å²) in [6, 6.07) is 17.1. The van der Waals surface area contributed by atoms with Crippen molar-refractivity contribution < 1.29 is 19.4 Å². The van der Waals surface area contributed by atoms with Gasteiger partial charge in [0.1, 0.15) is 17.6 Å². The zero-order chi connectivity index (χ0) is 19.6. The lowest BCUT2D eigenvalue weighted by Gasteiger charge is -2.44. The minimum absolute atomic E-state index is 0.353. The third kappa shape index (κ3) is 3.11. The second-order valence-corrected chi connectivity index (χ2v) is 6.41. The molecular weight excluding hydrogens is 346 g/mol. The fourth-order valence-corrected chi connectivity index (χ4v) is 3.59. The van der Waals surface area contributed by atoms with Crippen LogP contribution in [0.4, 0.5) is 0 Å². The quantitative estimate of drug-likeness (QED) is 0.697. The summed E-state index contributed by atoms with van der Waals surface area (Å²) in [6.45, 7) is 0. The highest BCUT2D eigenvalue weighted by Gasteiger charge is 2.55. The van der Waals surface area contributed by atoms with Gasteiger partial charge in [-0.15, -0.1) is 0 Å². The topological polar surface area (TPSA) is 125 Å². The van der Waals surface area contributed by atoms with E-state index in [4.69, 9.17) is 10.5 Å². The van der Waals surface area contributed by atoms with Crippen molar-refractivity contribution in [3.63, 3.8) is 0 Å². The van der Waals surface area contributed by atoms with Crippen LogP contribution in [-0.4, -0.2) is 24.0 Å². The SMILES string of the molecule is COc1ccc(C2C(C(N)=O)C(=O)NC(O)(c3ccccc3)C2C#N)cc1. The molecule has 4 unspecified atom stereocenters. The molecule has 1 saturated heterocycles. The molecule has 0 bridgehead atoms. The molecule has 0 aromatic heterocycles. The number of amides is 2. The molecule has 7 heteroatoms. The summed E-state index contributed by atoms with van der Waals surface area (Å²) in [5, 5.41) is 23.6. The number of hydrogen-bond acceptors (Lipinski definition) is 5. The molecule has 1 aliphatic heterocycles. The number of carbonyl (C=O) groups excluding carboxylic acids is 2. The van der Waals surface area contributed by atoms with Crippen molar-refractivity contribution in [1.29, 1.82) is 5.26 Å². The first-order chi connectivity index (χ1) is 12.9. The molecule has 1 aliphatic rings. The number of piperidine rings is 1. The smallest absolute Gasteiger partial charge is 0.235 e. The summed E-state index contributed by atoms with van der Waals surface area (Å²) in [5.41, 5.74) is 4.41. The van der Waals surface area contributed by atoms with Gasteiger partial charge in [0.15, 0.2) is 5.72 Å². The molecular formula is C20H19N3O4. The van der Waals surface area contributed by atoms with Crippen molar-refractivity contribution in [3.05, 3.63) is 65.7 Å². The van der Waals surface area contributed by atoms with E-state index in [1.54, 1.807) is 54.6 Å². The van der Waals surface area contributed by atoms with Gasteiger partial charge in [-0.3, -0.25) is 9.59 Å². The molecule has 2 aromatic rings. The molecule has 2 amide bonds. The zero-order valence-corrected chi connectivity index (χ0v) is 14.6. The number of hydrogen-bond donors (Lipinski definition) is 3. The average Bonchev–Trinajstić information content (AvgIpc) is 2.68. The van der Waals surface area contributed by atoms with Gasteiger partial charge in [-0.25, -0.2) is 0 Å². The molecule has 1 heterocycles. The number of ether oxygens (including phenoxy) is 1. The van der Waals surface area contributed by atoms with E-state index in [1.165, 1.54) is 7.11 Å². The Balaban J connectivity index is 2.16. The normalized spacial score (nSPS) is 27.3. The average molecular weight is 365 g/mol. The molecule has 0 saturated carbocycles. The van der Waals surface area contributed by atoms with E-state index < -0.39 is 35.3 Å². The molecule has 1 fully saturated rings. The maximum atomic E-state index is 12.7. The van der Waals surface area contributed by atoms with Crippen molar-refractivity contribution in [2.24, 2.45) is 17.6 Å². The highest BCUT2D eigenvalue weighted by molar-refractivity contribution is 6.01. The lowest BCUT2D eigenvalue weighted by atomic mass is 9.67. The number of nitrogens with two attached hydrogens (primary N) is 1. The first kappa shape index (κ1) is 18.4. The summed E-state index contributed by atoms with van der Waals surface area (Å²) in [7, 11) is 1.52. The largest absolute Gasteiger partial charge is 0.497 e. The first-order valence-corrected chi connectivity index (χ1v) is 8.35. The van der Waals surface area contributed by atoms with Gasteiger partial charge in [-0.1, -0.05) is 42.5 Å². The summed E-state index contributed by atoms with van der Waals surface area (Å²) in [4.78, 5) is 24.7. The number of aliphatic hydroxyl groups is 1. The minimum Gasteiger partial charge on any atom is -0.497 e. The summed E-state index contributed by atoms with van der Waals surface area (Å²) >= 11 is 0. The second-order valence-electron chi connectivity index (χ2n) is 6.41. The van der Waals surface area contributed by atoms with E-state index in [0.717, 1.165) is 0 Å². The molecule has 4 atom stereocenters. The predicted molar refractivity (Wildman–Crippen MR) is 96.0 cm³/mol. The fourth-order valence-electron chi connectivity index (χ4n) is 3.59. The molecule has 3 rings (SSSR count). The van der Waals surface area contributed by atoms with Crippen LogP contribution in [0, 0.1) is 23.2 Å². The monoisotopic (exact) mass is 365 g/mol. The molecule has 0 spiro atoms. The fraction of sp³-hybridized carbons (Fsp3) is 0.250. The number of nitriles is 1. The van der Waals surface area contributed by atoms with Gasteiger partial charge in [0, 0.05) is 11.5 Å². The number of methoxy groups -OCH3 is 1. The van der Waals surface area contributed by atoms with E-state index in [2.05, 4.69) is 11.4 Å². The Morgan fingerprint density at radius 3 is 2.37 bits per heavy atom. The highest BCUT2D eigenvalue weighted by atomic mass is 16.5. The van der Waals surface area contributed by atoms with Gasteiger partial charge in [0.25, 0.3) is 0 Å². The van der Waals surface area contributed by atoms with Crippen molar-refractivity contribution in [2.45, 2.75) is 11.6 Å². The molecule has 7 nitrogen and oxygen atoms in total. The van der Waals surface area contributed by atoms with E-state index >= 15 is 0 Å². The third-order valence-corrected chi connectivity index (χ3v) is 4.92.